The third-order valence-corrected chi connectivity index (χ3v) is 1.30. The van der Waals surface area contributed by atoms with E-state index in [1.807, 2.05) is 6.92 Å². The van der Waals surface area contributed by atoms with Crippen molar-refractivity contribution in [1.29, 1.82) is 0 Å². The summed E-state index contributed by atoms with van der Waals surface area (Å²) < 4.78 is 4.60. The van der Waals surface area contributed by atoms with Crippen LogP contribution < -0.4 is 74.0 Å². The summed E-state index contributed by atoms with van der Waals surface area (Å²) in [6, 6.07) is 0. The van der Waals surface area contributed by atoms with Crippen LogP contribution >= 0.6 is 0 Å². The molecule has 0 fully saturated rings. The van der Waals surface area contributed by atoms with Gasteiger partial charge in [-0.05, 0) is 6.42 Å². The molecule has 0 aliphatic rings. The minimum Gasteiger partial charge on any atom is -0.550 e. The number of aliphatic carboxylic acids is 1. The van der Waals surface area contributed by atoms with Gasteiger partial charge in [-0.25, -0.2) is 0 Å². The second kappa shape index (κ2) is 11.1. The van der Waals surface area contributed by atoms with Crippen molar-refractivity contribution in [2.45, 2.75) is 32.6 Å². The van der Waals surface area contributed by atoms with Crippen LogP contribution in [0.5, 0.6) is 0 Å². The number of unbranched alkanes of at least 4 members (excludes halogenated alkanes) is 2. The van der Waals surface area contributed by atoms with Crippen molar-refractivity contribution in [3.63, 3.8) is 0 Å². The summed E-state index contributed by atoms with van der Waals surface area (Å²) in [5, 5.41) is 9.89. The van der Waals surface area contributed by atoms with Crippen LogP contribution in [0.2, 0.25) is 0 Å². The number of carbonyl (C=O) groups excluding carboxylic acids is 2. The van der Waals surface area contributed by atoms with E-state index in [1.165, 1.54) is 0 Å². The fourth-order valence-electron chi connectivity index (χ4n) is 0.707. The van der Waals surface area contributed by atoms with Crippen molar-refractivity contribution < 1.29 is 88.3 Å². The first kappa shape index (κ1) is 16.4. The van der Waals surface area contributed by atoms with Gasteiger partial charge in [0.15, 0.2) is 0 Å². The molecule has 0 saturated heterocycles. The Morgan fingerprint density at radius 1 is 1.31 bits per heavy atom. The van der Waals surface area contributed by atoms with Crippen molar-refractivity contribution in [1.82, 2.24) is 0 Å². The standard InChI is InChI=1S/C8H14O4.Cs/c1-2-3-4-5-12-8(11)6-7(9)10;/h2-6H2,1H3,(H,9,10);/q;+1/p-1. The molecular weight excluding hydrogens is 293 g/mol. The molecule has 0 aromatic rings. The Bertz CT molecular complexity index is 158. The van der Waals surface area contributed by atoms with Crippen LogP contribution in [0.4, 0.5) is 0 Å². The Labute approximate surface area is 137 Å². The third-order valence-electron chi connectivity index (χ3n) is 1.30. The average Bonchev–Trinajstić information content (AvgIpc) is 1.97. The fourth-order valence-corrected chi connectivity index (χ4v) is 0.707. The molecule has 0 heterocycles. The molecule has 0 aliphatic carbocycles. The van der Waals surface area contributed by atoms with Gasteiger partial charge >= 0.3 is 74.9 Å². The van der Waals surface area contributed by atoms with E-state index in [4.69, 9.17) is 0 Å². The van der Waals surface area contributed by atoms with Gasteiger partial charge < -0.3 is 14.6 Å². The number of carbonyl (C=O) groups is 2. The van der Waals surface area contributed by atoms with E-state index in [9.17, 15) is 14.7 Å². The van der Waals surface area contributed by atoms with Crippen molar-refractivity contribution in [3.05, 3.63) is 0 Å². The number of ether oxygens (including phenoxy) is 1. The molecule has 13 heavy (non-hydrogen) atoms. The van der Waals surface area contributed by atoms with Crippen LogP contribution in [-0.4, -0.2) is 18.5 Å². The molecule has 0 aromatic heterocycles. The van der Waals surface area contributed by atoms with Gasteiger partial charge in [-0.2, -0.15) is 0 Å². The molecular formula is C8H13CsO4. The molecule has 0 aromatic carbocycles. The van der Waals surface area contributed by atoms with Crippen LogP contribution in [0.25, 0.3) is 0 Å². The van der Waals surface area contributed by atoms with Gasteiger partial charge in [-0.1, -0.05) is 19.8 Å². The van der Waals surface area contributed by atoms with E-state index in [-0.39, 0.29) is 68.9 Å². The van der Waals surface area contributed by atoms with Crippen molar-refractivity contribution in [2.24, 2.45) is 0 Å². The first-order chi connectivity index (χ1) is 5.66. The minimum absolute atomic E-state index is 0. The number of carboxylic acids is 1. The third kappa shape index (κ3) is 13.0. The molecule has 0 unspecified atom stereocenters. The van der Waals surface area contributed by atoms with Gasteiger partial charge in [0, 0.05) is 0 Å². The summed E-state index contributed by atoms with van der Waals surface area (Å²) in [6.07, 6.45) is 2.16. The monoisotopic (exact) mass is 306 g/mol. The van der Waals surface area contributed by atoms with Crippen LogP contribution in [0, 0.1) is 0 Å². The molecule has 0 aliphatic heterocycles. The number of carboxylic acid groups (broad SMARTS) is 1. The quantitative estimate of drug-likeness (QED) is 0.296. The topological polar surface area (TPSA) is 66.4 Å². The maximum absolute atomic E-state index is 10.6. The largest absolute Gasteiger partial charge is 1.00 e. The molecule has 0 radical (unpaired) electrons. The van der Waals surface area contributed by atoms with Crippen LogP contribution in [-0.2, 0) is 14.3 Å². The van der Waals surface area contributed by atoms with E-state index >= 15 is 0 Å². The minimum atomic E-state index is -1.39. The number of esters is 1. The Kier molecular flexibility index (Phi) is 14.0. The molecule has 0 atom stereocenters. The Morgan fingerprint density at radius 3 is 2.38 bits per heavy atom. The molecule has 70 valence electrons. The average molecular weight is 306 g/mol. The molecule has 0 rings (SSSR count). The van der Waals surface area contributed by atoms with E-state index in [1.54, 1.807) is 0 Å². The molecule has 5 heteroatoms. The second-order valence-electron chi connectivity index (χ2n) is 2.48. The van der Waals surface area contributed by atoms with Crippen LogP contribution in [0.15, 0.2) is 0 Å². The van der Waals surface area contributed by atoms with Crippen molar-refractivity contribution in [3.8, 4) is 0 Å². The Balaban J connectivity index is 0. The Hall–Kier alpha value is 0.992. The first-order valence-corrected chi connectivity index (χ1v) is 4.02. The van der Waals surface area contributed by atoms with Crippen LogP contribution in [0.1, 0.15) is 32.6 Å². The summed E-state index contributed by atoms with van der Waals surface area (Å²) >= 11 is 0. The van der Waals surface area contributed by atoms with E-state index in [0.717, 1.165) is 19.3 Å². The maximum atomic E-state index is 10.6. The van der Waals surface area contributed by atoms with Crippen molar-refractivity contribution in [2.75, 3.05) is 6.61 Å². The molecule has 0 N–H and O–H groups in total. The number of rotatable bonds is 6. The molecule has 0 bridgehead atoms. The second-order valence-corrected chi connectivity index (χ2v) is 2.48. The summed E-state index contributed by atoms with van der Waals surface area (Å²) in [6.45, 7) is 2.34. The SMILES string of the molecule is CCCCCOC(=O)CC(=O)[O-].[Cs+]. The Morgan fingerprint density at radius 2 is 1.92 bits per heavy atom. The summed E-state index contributed by atoms with van der Waals surface area (Å²) in [5.41, 5.74) is 0. The smallest absolute Gasteiger partial charge is 0.550 e. The predicted octanol–water partition coefficient (Wildman–Crippen LogP) is -3.14. The normalized spacial score (nSPS) is 8.69. The van der Waals surface area contributed by atoms with Gasteiger partial charge in [-0.15, -0.1) is 0 Å². The number of hydrogen-bond acceptors (Lipinski definition) is 4. The van der Waals surface area contributed by atoms with Crippen LogP contribution in [0.3, 0.4) is 0 Å². The first-order valence-electron chi connectivity index (χ1n) is 4.02. The zero-order valence-corrected chi connectivity index (χ0v) is 14.4. The van der Waals surface area contributed by atoms with Gasteiger partial charge in [-0.3, -0.25) is 4.79 Å². The summed E-state index contributed by atoms with van der Waals surface area (Å²) in [4.78, 5) is 20.5. The molecule has 0 saturated carbocycles. The van der Waals surface area contributed by atoms with Crippen molar-refractivity contribution >= 4 is 11.9 Å². The fraction of sp³-hybridized carbons (Fsp3) is 0.750. The van der Waals surface area contributed by atoms with E-state index in [0.29, 0.717) is 6.61 Å². The molecule has 0 amide bonds. The van der Waals surface area contributed by atoms with E-state index in [2.05, 4.69) is 4.74 Å². The van der Waals surface area contributed by atoms with Gasteiger partial charge in [0.05, 0.1) is 19.0 Å². The zero-order valence-electron chi connectivity index (χ0n) is 8.17. The summed E-state index contributed by atoms with van der Waals surface area (Å²) in [5.74, 6) is -2.11. The van der Waals surface area contributed by atoms with Gasteiger partial charge in [0.25, 0.3) is 0 Å². The maximum Gasteiger partial charge on any atom is 1.00 e. The van der Waals surface area contributed by atoms with E-state index < -0.39 is 18.4 Å². The zero-order chi connectivity index (χ0) is 9.40. The molecule has 0 spiro atoms. The van der Waals surface area contributed by atoms with Gasteiger partial charge in [0.2, 0.25) is 0 Å². The summed E-state index contributed by atoms with van der Waals surface area (Å²) in [7, 11) is 0. The number of hydrogen-bond donors (Lipinski definition) is 0. The predicted molar refractivity (Wildman–Crippen MR) is 40.1 cm³/mol. The van der Waals surface area contributed by atoms with Gasteiger partial charge in [0.1, 0.15) is 0 Å². The molecule has 4 nitrogen and oxygen atoms in total.